The van der Waals surface area contributed by atoms with Crippen LogP contribution in [-0.2, 0) is 13.2 Å². The lowest BCUT2D eigenvalue weighted by Crippen LogP contribution is -2.07. The largest absolute Gasteiger partial charge is 0.485 e. The number of hydrogen-bond acceptors (Lipinski definition) is 4. The van der Waals surface area contributed by atoms with Gasteiger partial charge in [0.05, 0.1) is 6.20 Å². The number of nitrogens with zero attached hydrogens (tertiary/aromatic N) is 1. The molecule has 0 aliphatic heterocycles. The zero-order chi connectivity index (χ0) is 12.1. The van der Waals surface area contributed by atoms with Crippen LogP contribution in [0.2, 0.25) is 0 Å². The molecule has 1 aromatic carbocycles. The van der Waals surface area contributed by atoms with E-state index >= 15 is 0 Å². The fourth-order valence-electron chi connectivity index (χ4n) is 1.48. The summed E-state index contributed by atoms with van der Waals surface area (Å²) in [6.07, 6.45) is 1.61. The summed E-state index contributed by atoms with van der Waals surface area (Å²) in [5, 5.41) is 6.74. The molecule has 0 bridgehead atoms. The summed E-state index contributed by atoms with van der Waals surface area (Å²) in [4.78, 5) is 0. The maximum absolute atomic E-state index is 5.69. The van der Waals surface area contributed by atoms with E-state index in [0.717, 1.165) is 22.3 Å². The molecular weight excluding hydrogens is 284 g/mol. The molecule has 0 amide bonds. The van der Waals surface area contributed by atoms with Gasteiger partial charge in [0.25, 0.3) is 0 Å². The van der Waals surface area contributed by atoms with Crippen molar-refractivity contribution in [3.63, 3.8) is 0 Å². The third kappa shape index (κ3) is 3.31. The fourth-order valence-corrected chi connectivity index (χ4v) is 1.89. The Labute approximate surface area is 108 Å². The first kappa shape index (κ1) is 12.1. The standard InChI is InChI=1S/C12H13BrN2O2/c1-14-7-9-6-10(13)2-3-12(9)16-8-11-4-5-15-17-11/h2-6,14H,7-8H2,1H3. The molecule has 0 aliphatic carbocycles. The van der Waals surface area contributed by atoms with Crippen LogP contribution in [0.3, 0.4) is 0 Å². The summed E-state index contributed by atoms with van der Waals surface area (Å²) in [5.41, 5.74) is 1.10. The highest BCUT2D eigenvalue weighted by Crippen LogP contribution is 2.24. The number of halogens is 1. The van der Waals surface area contributed by atoms with Gasteiger partial charge in [-0.2, -0.15) is 0 Å². The zero-order valence-electron chi connectivity index (χ0n) is 9.44. The van der Waals surface area contributed by atoms with Crippen molar-refractivity contribution in [3.8, 4) is 5.75 Å². The molecule has 0 saturated heterocycles. The molecule has 1 N–H and O–H groups in total. The normalized spacial score (nSPS) is 10.5. The zero-order valence-corrected chi connectivity index (χ0v) is 11.0. The monoisotopic (exact) mass is 296 g/mol. The van der Waals surface area contributed by atoms with E-state index in [1.54, 1.807) is 12.3 Å². The van der Waals surface area contributed by atoms with E-state index < -0.39 is 0 Å². The van der Waals surface area contributed by atoms with E-state index in [-0.39, 0.29) is 0 Å². The van der Waals surface area contributed by atoms with Gasteiger partial charge in [0, 0.05) is 22.6 Å². The molecule has 0 saturated carbocycles. The van der Waals surface area contributed by atoms with Crippen molar-refractivity contribution in [2.24, 2.45) is 0 Å². The molecule has 1 aromatic heterocycles. The number of aromatic nitrogens is 1. The summed E-state index contributed by atoms with van der Waals surface area (Å²) < 4.78 is 11.7. The van der Waals surface area contributed by atoms with Crippen molar-refractivity contribution >= 4 is 15.9 Å². The summed E-state index contributed by atoms with van der Waals surface area (Å²) in [6, 6.07) is 7.71. The van der Waals surface area contributed by atoms with Crippen molar-refractivity contribution < 1.29 is 9.26 Å². The van der Waals surface area contributed by atoms with Gasteiger partial charge in [-0.15, -0.1) is 0 Å². The van der Waals surface area contributed by atoms with Crippen LogP contribution >= 0.6 is 15.9 Å². The summed E-state index contributed by atoms with van der Waals surface area (Å²) in [6.45, 7) is 1.14. The highest BCUT2D eigenvalue weighted by atomic mass is 79.9. The van der Waals surface area contributed by atoms with E-state index in [1.807, 2.05) is 25.2 Å². The third-order valence-electron chi connectivity index (χ3n) is 2.25. The lowest BCUT2D eigenvalue weighted by atomic mass is 10.2. The van der Waals surface area contributed by atoms with E-state index in [4.69, 9.17) is 9.26 Å². The van der Waals surface area contributed by atoms with E-state index in [2.05, 4.69) is 26.4 Å². The van der Waals surface area contributed by atoms with Gasteiger partial charge in [0.1, 0.15) is 12.4 Å². The number of nitrogens with one attached hydrogen (secondary N) is 1. The van der Waals surface area contributed by atoms with Gasteiger partial charge in [0.2, 0.25) is 0 Å². The Morgan fingerprint density at radius 2 is 2.29 bits per heavy atom. The Kier molecular flexibility index (Phi) is 4.17. The number of benzene rings is 1. The van der Waals surface area contributed by atoms with Gasteiger partial charge in [-0.3, -0.25) is 0 Å². The van der Waals surface area contributed by atoms with Gasteiger partial charge in [-0.25, -0.2) is 0 Å². The number of rotatable bonds is 5. The predicted molar refractivity (Wildman–Crippen MR) is 67.7 cm³/mol. The Bertz CT molecular complexity index is 471. The minimum atomic E-state index is 0.387. The summed E-state index contributed by atoms with van der Waals surface area (Å²) >= 11 is 3.44. The van der Waals surface area contributed by atoms with Crippen LogP contribution in [0.4, 0.5) is 0 Å². The molecule has 0 spiro atoms. The van der Waals surface area contributed by atoms with Gasteiger partial charge < -0.3 is 14.6 Å². The Morgan fingerprint density at radius 1 is 1.41 bits per heavy atom. The molecule has 0 aliphatic rings. The molecule has 2 aromatic rings. The molecule has 2 rings (SSSR count). The fraction of sp³-hybridized carbons (Fsp3) is 0.250. The SMILES string of the molecule is CNCc1cc(Br)ccc1OCc1ccno1. The molecule has 1 heterocycles. The molecule has 0 fully saturated rings. The molecule has 17 heavy (non-hydrogen) atoms. The predicted octanol–water partition coefficient (Wildman–Crippen LogP) is 2.74. The molecule has 0 unspecified atom stereocenters. The molecule has 0 radical (unpaired) electrons. The van der Waals surface area contributed by atoms with Gasteiger partial charge in [-0.05, 0) is 25.2 Å². The highest BCUT2D eigenvalue weighted by Gasteiger charge is 2.05. The summed E-state index contributed by atoms with van der Waals surface area (Å²) in [5.74, 6) is 1.56. The number of ether oxygens (including phenoxy) is 1. The number of hydrogen-bond donors (Lipinski definition) is 1. The van der Waals surface area contributed by atoms with Crippen LogP contribution in [0, 0.1) is 0 Å². The van der Waals surface area contributed by atoms with Crippen LogP contribution < -0.4 is 10.1 Å². The van der Waals surface area contributed by atoms with Crippen LogP contribution in [0.1, 0.15) is 11.3 Å². The van der Waals surface area contributed by atoms with Gasteiger partial charge >= 0.3 is 0 Å². The first-order valence-electron chi connectivity index (χ1n) is 5.25. The van der Waals surface area contributed by atoms with E-state index in [9.17, 15) is 0 Å². The topological polar surface area (TPSA) is 47.3 Å². The summed E-state index contributed by atoms with van der Waals surface area (Å²) in [7, 11) is 1.90. The maximum Gasteiger partial charge on any atom is 0.174 e. The van der Waals surface area contributed by atoms with E-state index in [1.165, 1.54) is 0 Å². The molecule has 4 nitrogen and oxygen atoms in total. The Hall–Kier alpha value is -1.33. The van der Waals surface area contributed by atoms with Crippen LogP contribution in [0.15, 0.2) is 39.5 Å². The lowest BCUT2D eigenvalue weighted by molar-refractivity contribution is 0.247. The van der Waals surface area contributed by atoms with Crippen molar-refractivity contribution in [3.05, 3.63) is 46.3 Å². The van der Waals surface area contributed by atoms with Crippen molar-refractivity contribution in [1.29, 1.82) is 0 Å². The molecular formula is C12H13BrN2O2. The maximum atomic E-state index is 5.69. The van der Waals surface area contributed by atoms with Gasteiger partial charge in [-0.1, -0.05) is 21.1 Å². The average Bonchev–Trinajstić information content (AvgIpc) is 2.81. The minimum Gasteiger partial charge on any atom is -0.485 e. The molecule has 90 valence electrons. The Morgan fingerprint density at radius 3 is 3.00 bits per heavy atom. The van der Waals surface area contributed by atoms with E-state index in [0.29, 0.717) is 12.4 Å². The second-order valence-corrected chi connectivity index (χ2v) is 4.47. The second-order valence-electron chi connectivity index (χ2n) is 3.55. The van der Waals surface area contributed by atoms with Crippen molar-refractivity contribution in [2.75, 3.05) is 7.05 Å². The van der Waals surface area contributed by atoms with Crippen LogP contribution in [0.5, 0.6) is 5.75 Å². The third-order valence-corrected chi connectivity index (χ3v) is 2.74. The van der Waals surface area contributed by atoms with Crippen LogP contribution in [0.25, 0.3) is 0 Å². The highest BCUT2D eigenvalue weighted by molar-refractivity contribution is 9.10. The van der Waals surface area contributed by atoms with Crippen molar-refractivity contribution in [1.82, 2.24) is 10.5 Å². The van der Waals surface area contributed by atoms with Gasteiger partial charge in [0.15, 0.2) is 5.76 Å². The second kappa shape index (κ2) is 5.84. The quantitative estimate of drug-likeness (QED) is 0.922. The Balaban J connectivity index is 2.08. The average molecular weight is 297 g/mol. The van der Waals surface area contributed by atoms with Crippen molar-refractivity contribution in [2.45, 2.75) is 13.2 Å². The first-order valence-corrected chi connectivity index (χ1v) is 6.04. The smallest absolute Gasteiger partial charge is 0.174 e. The molecule has 5 heteroatoms. The minimum absolute atomic E-state index is 0.387. The first-order chi connectivity index (χ1) is 8.29. The van der Waals surface area contributed by atoms with Crippen LogP contribution in [-0.4, -0.2) is 12.2 Å². The molecule has 0 atom stereocenters. The lowest BCUT2D eigenvalue weighted by Gasteiger charge is -2.10.